The standard InChI is InChI=1S/C15H23NO.C2H6.CH2O/c1-4-5-9-12-16(3)15(17)14-11-8-6-7-10-13(14)2;2*1-2/h6-8,11H,4-5,9-10,12H2,1-3H3;1-2H3;1H2. The van der Waals surface area contributed by atoms with Crippen LogP contribution in [0.25, 0.3) is 0 Å². The number of hydrogen-bond donors (Lipinski definition) is 0. The molecule has 1 rings (SSSR count). The molecule has 1 aliphatic carbocycles. The maximum Gasteiger partial charge on any atom is 0.253 e. The Balaban J connectivity index is 0. The Labute approximate surface area is 130 Å². The van der Waals surface area contributed by atoms with Crippen molar-refractivity contribution in [1.82, 2.24) is 4.90 Å². The molecule has 0 unspecified atom stereocenters. The highest BCUT2D eigenvalue weighted by molar-refractivity contribution is 5.97. The van der Waals surface area contributed by atoms with E-state index in [1.54, 1.807) is 0 Å². The van der Waals surface area contributed by atoms with Gasteiger partial charge < -0.3 is 9.69 Å². The smallest absolute Gasteiger partial charge is 0.253 e. The third-order valence-corrected chi connectivity index (χ3v) is 3.07. The second-order valence-electron chi connectivity index (χ2n) is 4.62. The van der Waals surface area contributed by atoms with E-state index in [1.807, 2.05) is 57.7 Å². The molecule has 0 atom stereocenters. The van der Waals surface area contributed by atoms with Crippen LogP contribution < -0.4 is 0 Å². The third-order valence-electron chi connectivity index (χ3n) is 3.07. The van der Waals surface area contributed by atoms with Crippen LogP contribution >= 0.6 is 0 Å². The molecule has 0 aromatic heterocycles. The van der Waals surface area contributed by atoms with E-state index in [0.717, 1.165) is 30.5 Å². The topological polar surface area (TPSA) is 37.4 Å². The molecule has 3 heteroatoms. The van der Waals surface area contributed by atoms with Crippen LogP contribution in [0, 0.1) is 0 Å². The largest absolute Gasteiger partial charge is 0.342 e. The maximum absolute atomic E-state index is 12.2. The predicted octanol–water partition coefficient (Wildman–Crippen LogP) is 4.31. The van der Waals surface area contributed by atoms with Gasteiger partial charge in [0.15, 0.2) is 0 Å². The highest BCUT2D eigenvalue weighted by Gasteiger charge is 2.14. The van der Waals surface area contributed by atoms with Gasteiger partial charge in [0.05, 0.1) is 0 Å². The molecule has 3 nitrogen and oxygen atoms in total. The van der Waals surface area contributed by atoms with E-state index in [4.69, 9.17) is 4.79 Å². The molecule has 1 aliphatic rings. The number of allylic oxidation sites excluding steroid dienone is 4. The average molecular weight is 293 g/mol. The molecule has 0 radical (unpaired) electrons. The number of unbranched alkanes of at least 4 members (excludes halogenated alkanes) is 2. The lowest BCUT2D eigenvalue weighted by molar-refractivity contribution is -0.125. The van der Waals surface area contributed by atoms with Crippen LogP contribution in [0.1, 0.15) is 53.4 Å². The molecule has 21 heavy (non-hydrogen) atoms. The molecule has 0 N–H and O–H groups in total. The Kier molecular flexibility index (Phi) is 15.2. The van der Waals surface area contributed by atoms with E-state index in [-0.39, 0.29) is 5.91 Å². The zero-order valence-electron chi connectivity index (χ0n) is 14.3. The van der Waals surface area contributed by atoms with Crippen LogP contribution in [-0.2, 0) is 9.59 Å². The molecule has 0 aromatic rings. The number of hydrogen-bond acceptors (Lipinski definition) is 2. The van der Waals surface area contributed by atoms with Crippen LogP contribution in [0.15, 0.2) is 35.5 Å². The fourth-order valence-corrected chi connectivity index (χ4v) is 1.89. The molecule has 120 valence electrons. The highest BCUT2D eigenvalue weighted by Crippen LogP contribution is 2.16. The summed E-state index contributed by atoms with van der Waals surface area (Å²) in [6, 6.07) is 0. The Morgan fingerprint density at radius 2 is 1.86 bits per heavy atom. The summed E-state index contributed by atoms with van der Waals surface area (Å²) in [6.07, 6.45) is 12.3. The molecule has 0 saturated heterocycles. The number of rotatable bonds is 5. The Morgan fingerprint density at radius 3 is 2.43 bits per heavy atom. The van der Waals surface area contributed by atoms with Crippen molar-refractivity contribution in [2.75, 3.05) is 13.6 Å². The molecule has 0 fully saturated rings. The van der Waals surface area contributed by atoms with Crippen LogP contribution in [0.5, 0.6) is 0 Å². The first-order valence-corrected chi connectivity index (χ1v) is 7.74. The van der Waals surface area contributed by atoms with E-state index < -0.39 is 0 Å². The first-order valence-electron chi connectivity index (χ1n) is 7.74. The summed E-state index contributed by atoms with van der Waals surface area (Å²) in [4.78, 5) is 22.1. The van der Waals surface area contributed by atoms with Crippen molar-refractivity contribution in [3.63, 3.8) is 0 Å². The summed E-state index contributed by atoms with van der Waals surface area (Å²) in [5.74, 6) is 0.151. The molecule has 0 heterocycles. The van der Waals surface area contributed by atoms with E-state index in [0.29, 0.717) is 0 Å². The summed E-state index contributed by atoms with van der Waals surface area (Å²) in [7, 11) is 1.89. The van der Waals surface area contributed by atoms with Gasteiger partial charge in [-0.1, -0.05) is 57.4 Å². The van der Waals surface area contributed by atoms with Gasteiger partial charge in [0.1, 0.15) is 6.79 Å². The van der Waals surface area contributed by atoms with Crippen molar-refractivity contribution >= 4 is 12.7 Å². The van der Waals surface area contributed by atoms with Crippen molar-refractivity contribution < 1.29 is 9.59 Å². The SMILES string of the molecule is C=O.CC.CCCCCN(C)C(=O)C1=C(C)CC=CC=C1. The Bertz CT molecular complexity index is 367. The molecule has 0 aliphatic heterocycles. The lowest BCUT2D eigenvalue weighted by Gasteiger charge is -2.18. The Hall–Kier alpha value is -1.64. The Morgan fingerprint density at radius 1 is 1.24 bits per heavy atom. The van der Waals surface area contributed by atoms with E-state index in [2.05, 4.69) is 13.0 Å². The zero-order valence-corrected chi connectivity index (χ0v) is 14.3. The predicted molar refractivity (Wildman–Crippen MR) is 91.2 cm³/mol. The summed E-state index contributed by atoms with van der Waals surface area (Å²) in [5, 5.41) is 0. The summed E-state index contributed by atoms with van der Waals surface area (Å²) in [5.41, 5.74) is 2.01. The highest BCUT2D eigenvalue weighted by atomic mass is 16.2. The van der Waals surface area contributed by atoms with Gasteiger partial charge in [0, 0.05) is 19.2 Å². The van der Waals surface area contributed by atoms with Gasteiger partial charge in [-0.2, -0.15) is 0 Å². The number of likely N-dealkylation sites (N-methyl/N-ethyl adjacent to an activating group) is 1. The van der Waals surface area contributed by atoms with Gasteiger partial charge in [-0.05, 0) is 25.8 Å². The van der Waals surface area contributed by atoms with Crippen molar-refractivity contribution in [1.29, 1.82) is 0 Å². The molecular weight excluding hydrogens is 262 g/mol. The number of nitrogens with zero attached hydrogens (tertiary/aromatic N) is 1. The molecule has 0 spiro atoms. The normalized spacial score (nSPS) is 12.6. The minimum atomic E-state index is 0.151. The van der Waals surface area contributed by atoms with E-state index >= 15 is 0 Å². The van der Waals surface area contributed by atoms with Gasteiger partial charge in [0.25, 0.3) is 5.91 Å². The summed E-state index contributed by atoms with van der Waals surface area (Å²) < 4.78 is 0. The van der Waals surface area contributed by atoms with E-state index in [9.17, 15) is 4.79 Å². The second-order valence-corrected chi connectivity index (χ2v) is 4.62. The zero-order chi connectivity index (χ0) is 16.7. The van der Waals surface area contributed by atoms with Crippen molar-refractivity contribution in [2.45, 2.75) is 53.4 Å². The fraction of sp³-hybridized carbons (Fsp3) is 0.556. The van der Waals surface area contributed by atoms with Crippen LogP contribution in [0.3, 0.4) is 0 Å². The number of carbonyl (C=O) groups is 2. The van der Waals surface area contributed by atoms with Gasteiger partial charge >= 0.3 is 0 Å². The van der Waals surface area contributed by atoms with Gasteiger partial charge in [-0.3, -0.25) is 4.79 Å². The number of carbonyl (C=O) groups excluding carboxylic acids is 2. The minimum absolute atomic E-state index is 0.151. The van der Waals surface area contributed by atoms with Crippen molar-refractivity contribution in [3.05, 3.63) is 35.5 Å². The van der Waals surface area contributed by atoms with Gasteiger partial charge in [-0.25, -0.2) is 0 Å². The van der Waals surface area contributed by atoms with Gasteiger partial charge in [0.2, 0.25) is 0 Å². The first-order chi connectivity index (χ1) is 10.2. The fourth-order valence-electron chi connectivity index (χ4n) is 1.89. The monoisotopic (exact) mass is 293 g/mol. The van der Waals surface area contributed by atoms with Crippen LogP contribution in [-0.4, -0.2) is 31.2 Å². The maximum atomic E-state index is 12.2. The molecule has 0 bridgehead atoms. The second kappa shape index (κ2) is 14.8. The summed E-state index contributed by atoms with van der Waals surface area (Å²) >= 11 is 0. The average Bonchev–Trinajstić information content (AvgIpc) is 2.75. The lowest BCUT2D eigenvalue weighted by Crippen LogP contribution is -2.29. The quantitative estimate of drug-likeness (QED) is 0.708. The van der Waals surface area contributed by atoms with Crippen LogP contribution in [0.4, 0.5) is 0 Å². The number of amides is 1. The van der Waals surface area contributed by atoms with Crippen molar-refractivity contribution in [2.24, 2.45) is 0 Å². The van der Waals surface area contributed by atoms with E-state index in [1.165, 1.54) is 12.8 Å². The summed E-state index contributed by atoms with van der Waals surface area (Å²) in [6.45, 7) is 11.1. The van der Waals surface area contributed by atoms with Crippen molar-refractivity contribution in [3.8, 4) is 0 Å². The minimum Gasteiger partial charge on any atom is -0.342 e. The molecular formula is C18H31NO2. The first kappa shape index (κ1) is 21.7. The van der Waals surface area contributed by atoms with Gasteiger partial charge in [-0.15, -0.1) is 0 Å². The molecule has 1 amide bonds. The lowest BCUT2D eigenvalue weighted by atomic mass is 10.1. The molecule has 0 aromatic carbocycles. The molecule has 0 saturated carbocycles. The third kappa shape index (κ3) is 9.01. The van der Waals surface area contributed by atoms with Crippen LogP contribution in [0.2, 0.25) is 0 Å².